The van der Waals surface area contributed by atoms with Crippen molar-refractivity contribution in [2.75, 3.05) is 6.61 Å². The Morgan fingerprint density at radius 3 is 2.89 bits per heavy atom. The molecule has 0 aliphatic carbocycles. The van der Waals surface area contributed by atoms with E-state index in [4.69, 9.17) is 16.3 Å². The van der Waals surface area contributed by atoms with Crippen LogP contribution in [0.15, 0.2) is 18.3 Å². The minimum atomic E-state index is -0.558. The maximum Gasteiger partial charge on any atom is 0.341 e. The number of carbonyl (C=O) groups is 1. The van der Waals surface area contributed by atoms with Gasteiger partial charge < -0.3 is 4.74 Å². The average molecular weight is 268 g/mol. The summed E-state index contributed by atoms with van der Waals surface area (Å²) in [4.78, 5) is 15.6. The van der Waals surface area contributed by atoms with Crippen LogP contribution in [0.25, 0.3) is 10.9 Å². The molecular formula is C13H11ClFNO2. The highest BCUT2D eigenvalue weighted by atomic mass is 35.5. The molecule has 94 valence electrons. The zero-order chi connectivity index (χ0) is 13.3. The maximum absolute atomic E-state index is 13.8. The summed E-state index contributed by atoms with van der Waals surface area (Å²) in [6.45, 7) is 3.59. The van der Waals surface area contributed by atoms with Crippen molar-refractivity contribution in [2.24, 2.45) is 0 Å². The summed E-state index contributed by atoms with van der Waals surface area (Å²) in [5.41, 5.74) is 0.789. The van der Waals surface area contributed by atoms with Gasteiger partial charge in [0, 0.05) is 11.6 Å². The molecule has 2 aromatic rings. The van der Waals surface area contributed by atoms with Crippen LogP contribution in [0.5, 0.6) is 0 Å². The second kappa shape index (κ2) is 4.90. The molecule has 1 aromatic carbocycles. The van der Waals surface area contributed by atoms with Gasteiger partial charge in [-0.2, -0.15) is 0 Å². The number of carbonyl (C=O) groups excluding carboxylic acids is 1. The number of pyridine rings is 1. The molecule has 0 unspecified atom stereocenters. The number of nitrogens with zero attached hydrogens (tertiary/aromatic N) is 1. The lowest BCUT2D eigenvalue weighted by molar-refractivity contribution is 0.0526. The summed E-state index contributed by atoms with van der Waals surface area (Å²) in [5, 5.41) is 0.572. The summed E-state index contributed by atoms with van der Waals surface area (Å²) in [6.07, 6.45) is 1.24. The number of ether oxygens (including phenoxy) is 1. The predicted molar refractivity (Wildman–Crippen MR) is 67.4 cm³/mol. The van der Waals surface area contributed by atoms with E-state index in [9.17, 15) is 9.18 Å². The van der Waals surface area contributed by atoms with E-state index in [1.54, 1.807) is 26.0 Å². The molecule has 0 aliphatic heterocycles. The van der Waals surface area contributed by atoms with E-state index in [0.717, 1.165) is 0 Å². The van der Waals surface area contributed by atoms with Crippen LogP contribution in [0, 0.1) is 12.7 Å². The number of aryl methyl sites for hydroxylation is 1. The van der Waals surface area contributed by atoms with Crippen LogP contribution in [-0.2, 0) is 4.74 Å². The second-order valence-electron chi connectivity index (χ2n) is 3.80. The van der Waals surface area contributed by atoms with Gasteiger partial charge in [0.15, 0.2) is 5.82 Å². The molecule has 0 saturated carbocycles. The van der Waals surface area contributed by atoms with Crippen molar-refractivity contribution in [3.8, 4) is 0 Å². The summed E-state index contributed by atoms with van der Waals surface area (Å²) in [7, 11) is 0. The van der Waals surface area contributed by atoms with Crippen molar-refractivity contribution in [1.29, 1.82) is 0 Å². The summed E-state index contributed by atoms with van der Waals surface area (Å²) >= 11 is 6.09. The first-order valence-electron chi connectivity index (χ1n) is 5.46. The van der Waals surface area contributed by atoms with E-state index in [1.807, 2.05) is 0 Å². The molecule has 0 atom stereocenters. The van der Waals surface area contributed by atoms with Gasteiger partial charge in [0.1, 0.15) is 5.52 Å². The summed E-state index contributed by atoms with van der Waals surface area (Å²) in [5.74, 6) is -0.984. The van der Waals surface area contributed by atoms with Gasteiger partial charge in [0.05, 0.1) is 17.2 Å². The van der Waals surface area contributed by atoms with E-state index in [0.29, 0.717) is 10.9 Å². The molecule has 0 spiro atoms. The van der Waals surface area contributed by atoms with Crippen LogP contribution in [0.3, 0.4) is 0 Å². The fourth-order valence-electron chi connectivity index (χ4n) is 1.65. The van der Waals surface area contributed by atoms with Gasteiger partial charge in [0.2, 0.25) is 0 Å². The van der Waals surface area contributed by atoms with E-state index < -0.39 is 11.8 Å². The lowest BCUT2D eigenvalue weighted by atomic mass is 10.1. The largest absolute Gasteiger partial charge is 0.462 e. The highest BCUT2D eigenvalue weighted by Crippen LogP contribution is 2.28. The van der Waals surface area contributed by atoms with Gasteiger partial charge in [0.25, 0.3) is 0 Å². The third-order valence-corrected chi connectivity index (χ3v) is 3.01. The predicted octanol–water partition coefficient (Wildman–Crippen LogP) is 3.51. The lowest BCUT2D eigenvalue weighted by Crippen LogP contribution is -2.06. The van der Waals surface area contributed by atoms with Crippen LogP contribution >= 0.6 is 11.6 Å². The van der Waals surface area contributed by atoms with Gasteiger partial charge in [-0.1, -0.05) is 23.7 Å². The first-order chi connectivity index (χ1) is 8.56. The number of rotatable bonds is 2. The Morgan fingerprint density at radius 1 is 1.50 bits per heavy atom. The second-order valence-corrected chi connectivity index (χ2v) is 4.18. The average Bonchev–Trinajstić information content (AvgIpc) is 2.34. The molecule has 0 saturated heterocycles. The number of aromatic nitrogens is 1. The van der Waals surface area contributed by atoms with Crippen LogP contribution in [0.1, 0.15) is 22.8 Å². The SMILES string of the molecule is CCOC(=O)c1cnc2c(F)c(C)ccc2c1Cl. The van der Waals surface area contributed by atoms with E-state index in [1.165, 1.54) is 6.20 Å². The normalized spacial score (nSPS) is 10.7. The monoisotopic (exact) mass is 267 g/mol. The maximum atomic E-state index is 13.8. The Balaban J connectivity index is 2.65. The number of fused-ring (bicyclic) bond motifs is 1. The number of hydrogen-bond donors (Lipinski definition) is 0. The molecule has 3 nitrogen and oxygen atoms in total. The standard InChI is InChI=1S/C13H11ClFNO2/c1-3-18-13(17)9-6-16-12-8(10(9)14)5-4-7(2)11(12)15/h4-6H,3H2,1-2H3. The molecule has 5 heteroatoms. The first kappa shape index (κ1) is 12.8. The number of hydrogen-bond acceptors (Lipinski definition) is 3. The van der Waals surface area contributed by atoms with Crippen LogP contribution in [0.4, 0.5) is 4.39 Å². The van der Waals surface area contributed by atoms with Gasteiger partial charge in [-0.3, -0.25) is 4.98 Å². The van der Waals surface area contributed by atoms with Crippen molar-refractivity contribution in [3.63, 3.8) is 0 Å². The molecule has 0 N–H and O–H groups in total. The quantitative estimate of drug-likeness (QED) is 0.782. The van der Waals surface area contributed by atoms with Crippen LogP contribution in [0.2, 0.25) is 5.02 Å². The molecule has 0 aliphatic rings. The van der Waals surface area contributed by atoms with Crippen LogP contribution in [-0.4, -0.2) is 17.6 Å². The summed E-state index contributed by atoms with van der Waals surface area (Å²) < 4.78 is 18.7. The summed E-state index contributed by atoms with van der Waals surface area (Å²) in [6, 6.07) is 3.24. The van der Waals surface area contributed by atoms with E-state index in [2.05, 4.69) is 4.98 Å². The minimum Gasteiger partial charge on any atom is -0.462 e. The Hall–Kier alpha value is -1.68. The van der Waals surface area contributed by atoms with Crippen molar-refractivity contribution in [3.05, 3.63) is 40.3 Å². The van der Waals surface area contributed by atoms with Crippen LogP contribution < -0.4 is 0 Å². The number of esters is 1. The molecule has 2 rings (SSSR count). The Morgan fingerprint density at radius 2 is 2.22 bits per heavy atom. The van der Waals surface area contributed by atoms with Crippen molar-refractivity contribution >= 4 is 28.5 Å². The van der Waals surface area contributed by atoms with Crippen molar-refractivity contribution in [2.45, 2.75) is 13.8 Å². The molecule has 0 fully saturated rings. The zero-order valence-corrected chi connectivity index (χ0v) is 10.7. The first-order valence-corrected chi connectivity index (χ1v) is 5.84. The molecule has 0 amide bonds. The number of benzene rings is 1. The molecule has 0 radical (unpaired) electrons. The molecule has 0 bridgehead atoms. The van der Waals surface area contributed by atoms with Gasteiger partial charge in [-0.15, -0.1) is 0 Å². The van der Waals surface area contributed by atoms with Crippen molar-refractivity contribution < 1.29 is 13.9 Å². The highest BCUT2D eigenvalue weighted by molar-refractivity contribution is 6.38. The highest BCUT2D eigenvalue weighted by Gasteiger charge is 2.17. The molecule has 1 heterocycles. The molecule has 18 heavy (non-hydrogen) atoms. The number of halogens is 2. The Labute approximate surface area is 109 Å². The van der Waals surface area contributed by atoms with E-state index in [-0.39, 0.29) is 22.7 Å². The third-order valence-electron chi connectivity index (χ3n) is 2.60. The molecular weight excluding hydrogens is 257 g/mol. The molecule has 1 aromatic heterocycles. The Kier molecular flexibility index (Phi) is 3.48. The Bertz CT molecular complexity index is 628. The topological polar surface area (TPSA) is 39.2 Å². The minimum absolute atomic E-state index is 0.147. The van der Waals surface area contributed by atoms with Gasteiger partial charge in [-0.25, -0.2) is 9.18 Å². The lowest BCUT2D eigenvalue weighted by Gasteiger charge is -2.08. The fourth-order valence-corrected chi connectivity index (χ4v) is 1.93. The van der Waals surface area contributed by atoms with Gasteiger partial charge >= 0.3 is 5.97 Å². The van der Waals surface area contributed by atoms with Gasteiger partial charge in [-0.05, 0) is 19.4 Å². The smallest absolute Gasteiger partial charge is 0.341 e. The zero-order valence-electron chi connectivity index (χ0n) is 9.96. The fraction of sp³-hybridized carbons (Fsp3) is 0.231. The van der Waals surface area contributed by atoms with Crippen molar-refractivity contribution in [1.82, 2.24) is 4.98 Å². The third kappa shape index (κ3) is 2.04. The van der Waals surface area contributed by atoms with E-state index >= 15 is 0 Å².